The lowest BCUT2D eigenvalue weighted by Crippen LogP contribution is -2.24. The van der Waals surface area contributed by atoms with E-state index in [1.807, 2.05) is 19.1 Å². The Labute approximate surface area is 111 Å². The van der Waals surface area contributed by atoms with Gasteiger partial charge in [-0.05, 0) is 30.9 Å². The molecule has 2 unspecified atom stereocenters. The van der Waals surface area contributed by atoms with Gasteiger partial charge >= 0.3 is 0 Å². The maximum atomic E-state index is 11.0. The van der Waals surface area contributed by atoms with Crippen LogP contribution in [0.3, 0.4) is 0 Å². The molecule has 0 amide bonds. The summed E-state index contributed by atoms with van der Waals surface area (Å²) >= 11 is 0. The van der Waals surface area contributed by atoms with Gasteiger partial charge in [0, 0.05) is 23.7 Å². The smallest absolute Gasteiger partial charge is 0.295 e. The number of nitro benzene ring substituents is 1. The van der Waals surface area contributed by atoms with Gasteiger partial charge in [-0.2, -0.15) is 0 Å². The van der Waals surface area contributed by atoms with Crippen LogP contribution in [-0.2, 0) is 0 Å². The third kappa shape index (κ3) is 2.42. The summed E-state index contributed by atoms with van der Waals surface area (Å²) in [5.41, 5.74) is 7.52. The minimum absolute atomic E-state index is 0.00476. The van der Waals surface area contributed by atoms with Gasteiger partial charge in [0.05, 0.1) is 4.92 Å². The number of hydrogen-bond donors (Lipinski definition) is 1. The summed E-state index contributed by atoms with van der Waals surface area (Å²) in [7, 11) is 0. The summed E-state index contributed by atoms with van der Waals surface area (Å²) in [5, 5.41) is 11.9. The lowest BCUT2D eigenvalue weighted by Gasteiger charge is -2.20. The van der Waals surface area contributed by atoms with Gasteiger partial charge in [0.15, 0.2) is 0 Å². The van der Waals surface area contributed by atoms with Crippen molar-refractivity contribution in [3.8, 4) is 0 Å². The van der Waals surface area contributed by atoms with Gasteiger partial charge in [-0.3, -0.25) is 10.1 Å². The fourth-order valence-electron chi connectivity index (χ4n) is 2.53. The normalized spacial score (nSPS) is 14.3. The predicted octanol–water partition coefficient (Wildman–Crippen LogP) is 2.98. The quantitative estimate of drug-likeness (QED) is 0.676. The van der Waals surface area contributed by atoms with Crippen LogP contribution in [0, 0.1) is 10.1 Å². The fraction of sp³-hybridized carbons (Fsp3) is 0.357. The van der Waals surface area contributed by atoms with E-state index in [0.29, 0.717) is 5.52 Å². The van der Waals surface area contributed by atoms with Crippen LogP contribution < -0.4 is 5.73 Å². The highest BCUT2D eigenvalue weighted by Gasteiger charge is 2.20. The number of non-ortho nitro benzene ring substituents is 1. The topological polar surface area (TPSA) is 82.0 Å². The van der Waals surface area contributed by atoms with Gasteiger partial charge in [-0.15, -0.1) is 0 Å². The van der Waals surface area contributed by atoms with Crippen LogP contribution in [0.25, 0.3) is 10.9 Å². The van der Waals surface area contributed by atoms with Crippen LogP contribution in [0.2, 0.25) is 0 Å². The van der Waals surface area contributed by atoms with Gasteiger partial charge in [-0.1, -0.05) is 19.1 Å². The lowest BCUT2D eigenvalue weighted by molar-refractivity contribution is -0.383. The second-order valence-electron chi connectivity index (χ2n) is 4.70. The molecule has 5 nitrogen and oxygen atoms in total. The van der Waals surface area contributed by atoms with E-state index in [-0.39, 0.29) is 17.6 Å². The maximum absolute atomic E-state index is 11.0. The zero-order valence-corrected chi connectivity index (χ0v) is 11.0. The molecule has 0 saturated carbocycles. The first-order valence-electron chi connectivity index (χ1n) is 6.33. The van der Waals surface area contributed by atoms with E-state index in [9.17, 15) is 10.1 Å². The number of nitrogens with zero attached hydrogens (tertiary/aromatic N) is 2. The zero-order chi connectivity index (χ0) is 14.0. The van der Waals surface area contributed by atoms with Crippen LogP contribution in [0.5, 0.6) is 0 Å². The molecule has 0 bridgehead atoms. The molecule has 0 aliphatic heterocycles. The molecule has 0 saturated heterocycles. The number of pyridine rings is 1. The van der Waals surface area contributed by atoms with Crippen LogP contribution in [0.1, 0.15) is 31.7 Å². The molecular formula is C14H17N3O2. The molecule has 2 rings (SSSR count). The third-order valence-electron chi connectivity index (χ3n) is 3.45. The Morgan fingerprint density at radius 2 is 2.16 bits per heavy atom. The van der Waals surface area contributed by atoms with Crippen molar-refractivity contribution in [1.29, 1.82) is 0 Å². The predicted molar refractivity (Wildman–Crippen MR) is 75.1 cm³/mol. The highest BCUT2D eigenvalue weighted by molar-refractivity contribution is 5.89. The average Bonchev–Trinajstić information content (AvgIpc) is 2.38. The van der Waals surface area contributed by atoms with Crippen LogP contribution in [0.15, 0.2) is 30.5 Å². The van der Waals surface area contributed by atoms with Gasteiger partial charge < -0.3 is 5.73 Å². The molecule has 1 aromatic heterocycles. The number of aromatic nitrogens is 1. The highest BCUT2D eigenvalue weighted by Crippen LogP contribution is 2.32. The van der Waals surface area contributed by atoms with Crippen molar-refractivity contribution in [3.05, 3.63) is 46.1 Å². The largest absolute Gasteiger partial charge is 0.327 e. The van der Waals surface area contributed by atoms with E-state index < -0.39 is 4.92 Å². The molecular weight excluding hydrogens is 242 g/mol. The average molecular weight is 259 g/mol. The summed E-state index contributed by atoms with van der Waals surface area (Å²) in [6, 6.07) is 6.94. The molecule has 5 heteroatoms. The molecule has 100 valence electrons. The first-order valence-corrected chi connectivity index (χ1v) is 6.33. The van der Waals surface area contributed by atoms with Crippen molar-refractivity contribution in [3.63, 3.8) is 0 Å². The second-order valence-corrected chi connectivity index (χ2v) is 4.70. The van der Waals surface area contributed by atoms with E-state index in [1.54, 1.807) is 12.3 Å². The monoisotopic (exact) mass is 259 g/mol. The summed E-state index contributed by atoms with van der Waals surface area (Å²) < 4.78 is 0. The summed E-state index contributed by atoms with van der Waals surface area (Å²) in [6.45, 7) is 4.02. The molecule has 0 aliphatic carbocycles. The summed E-state index contributed by atoms with van der Waals surface area (Å²) in [4.78, 5) is 14.8. The SMILES string of the molecule is CCC(c1ccnc2c([N+](=O)[O-])cccc12)C(C)N. The maximum Gasteiger partial charge on any atom is 0.295 e. The van der Waals surface area contributed by atoms with Crippen LogP contribution in [-0.4, -0.2) is 15.9 Å². The number of rotatable bonds is 4. The van der Waals surface area contributed by atoms with E-state index in [2.05, 4.69) is 11.9 Å². The van der Waals surface area contributed by atoms with E-state index >= 15 is 0 Å². The Hall–Kier alpha value is -2.01. The van der Waals surface area contributed by atoms with Gasteiger partial charge in [0.1, 0.15) is 5.52 Å². The van der Waals surface area contributed by atoms with Gasteiger partial charge in [0.2, 0.25) is 0 Å². The Morgan fingerprint density at radius 1 is 1.42 bits per heavy atom. The number of nitro groups is 1. The number of para-hydroxylation sites is 1. The Morgan fingerprint density at radius 3 is 2.74 bits per heavy atom. The molecule has 1 aromatic carbocycles. The first-order chi connectivity index (χ1) is 9.06. The van der Waals surface area contributed by atoms with Crippen molar-refractivity contribution in [2.45, 2.75) is 32.2 Å². The molecule has 0 fully saturated rings. The summed E-state index contributed by atoms with van der Waals surface area (Å²) in [5.74, 6) is 0.174. The molecule has 0 spiro atoms. The highest BCUT2D eigenvalue weighted by atomic mass is 16.6. The number of nitrogens with two attached hydrogens (primary N) is 1. The zero-order valence-electron chi connectivity index (χ0n) is 11.0. The molecule has 0 radical (unpaired) electrons. The summed E-state index contributed by atoms with van der Waals surface area (Å²) in [6.07, 6.45) is 2.51. The number of benzene rings is 1. The van der Waals surface area contributed by atoms with Crippen LogP contribution in [0.4, 0.5) is 5.69 Å². The first kappa shape index (κ1) is 13.4. The number of fused-ring (bicyclic) bond motifs is 1. The molecule has 0 aliphatic rings. The second kappa shape index (κ2) is 5.32. The van der Waals surface area contributed by atoms with E-state index in [4.69, 9.17) is 5.73 Å². The standard InChI is InChI=1S/C14H17N3O2/c1-3-10(9(2)15)11-7-8-16-14-12(11)5-4-6-13(14)17(18)19/h4-10H,3,15H2,1-2H3. The third-order valence-corrected chi connectivity index (χ3v) is 3.45. The molecule has 1 heterocycles. The fourth-order valence-corrected chi connectivity index (χ4v) is 2.53. The van der Waals surface area contributed by atoms with Gasteiger partial charge in [0.25, 0.3) is 5.69 Å². The Kier molecular flexibility index (Phi) is 3.76. The lowest BCUT2D eigenvalue weighted by atomic mass is 9.88. The molecule has 19 heavy (non-hydrogen) atoms. The van der Waals surface area contributed by atoms with E-state index in [1.165, 1.54) is 6.07 Å². The van der Waals surface area contributed by atoms with Crippen molar-refractivity contribution < 1.29 is 4.92 Å². The molecule has 2 atom stereocenters. The van der Waals surface area contributed by atoms with E-state index in [0.717, 1.165) is 17.4 Å². The van der Waals surface area contributed by atoms with Crippen LogP contribution >= 0.6 is 0 Å². The Bertz CT molecular complexity index is 611. The molecule has 2 N–H and O–H groups in total. The Balaban J connectivity index is 2.70. The van der Waals surface area contributed by atoms with Crippen molar-refractivity contribution >= 4 is 16.6 Å². The minimum Gasteiger partial charge on any atom is -0.327 e. The molecule has 2 aromatic rings. The van der Waals surface area contributed by atoms with Crippen molar-refractivity contribution in [2.24, 2.45) is 5.73 Å². The van der Waals surface area contributed by atoms with Crippen molar-refractivity contribution in [1.82, 2.24) is 4.98 Å². The van der Waals surface area contributed by atoms with Gasteiger partial charge in [-0.25, -0.2) is 4.98 Å². The van der Waals surface area contributed by atoms with Crippen molar-refractivity contribution in [2.75, 3.05) is 0 Å². The number of hydrogen-bond acceptors (Lipinski definition) is 4. The minimum atomic E-state index is -0.397.